The van der Waals surface area contributed by atoms with Gasteiger partial charge < -0.3 is 37.9 Å². The first kappa shape index (κ1) is 38.5. The Morgan fingerprint density at radius 3 is 1.12 bits per heavy atom. The van der Waals surface area contributed by atoms with Crippen LogP contribution in [0.1, 0.15) is 62.3 Å². The van der Waals surface area contributed by atoms with Gasteiger partial charge in [0.2, 0.25) is 11.6 Å². The topological polar surface area (TPSA) is 210 Å². The van der Waals surface area contributed by atoms with Crippen LogP contribution in [0.5, 0.6) is 0 Å². The molecule has 16 nitrogen and oxygen atoms in total. The quantitative estimate of drug-likeness (QED) is 0.248. The fraction of sp³-hybridized carbons (Fsp3) is 0.500. The molecule has 1 aromatic carbocycles. The summed E-state index contributed by atoms with van der Waals surface area (Å²) in [6, 6.07) is 6.01. The van der Waals surface area contributed by atoms with Crippen LogP contribution in [0.25, 0.3) is 0 Å². The number of rotatable bonds is 10. The first-order chi connectivity index (χ1) is 23.6. The van der Waals surface area contributed by atoms with Crippen molar-refractivity contribution in [2.75, 3.05) is 13.2 Å². The van der Waals surface area contributed by atoms with Crippen molar-refractivity contribution in [3.63, 3.8) is 0 Å². The van der Waals surface area contributed by atoms with Crippen LogP contribution in [0.3, 0.4) is 0 Å². The second-order valence-electron chi connectivity index (χ2n) is 11.1. The number of fused-ring (bicyclic) bond motifs is 1. The largest absolute Gasteiger partial charge is 0.456 e. The Hall–Kier alpha value is -4.26. The lowest BCUT2D eigenvalue weighted by Gasteiger charge is -2.41. The summed E-state index contributed by atoms with van der Waals surface area (Å²) in [4.78, 5) is 100. The summed E-state index contributed by atoms with van der Waals surface area (Å²) in [5, 5.41) is 0. The minimum atomic E-state index is -1.43. The van der Waals surface area contributed by atoms with Crippen molar-refractivity contribution in [3.8, 4) is 0 Å². The van der Waals surface area contributed by atoms with Gasteiger partial charge in [-0.25, -0.2) is 0 Å². The lowest BCUT2D eigenvalue weighted by Crippen LogP contribution is -2.56. The highest BCUT2D eigenvalue weighted by Crippen LogP contribution is 2.46. The van der Waals surface area contributed by atoms with E-state index in [0.717, 1.165) is 41.5 Å². The van der Waals surface area contributed by atoms with E-state index in [9.17, 15) is 38.4 Å². The van der Waals surface area contributed by atoms with Crippen molar-refractivity contribution in [1.82, 2.24) is 0 Å². The first-order valence-corrected chi connectivity index (χ1v) is 16.9. The van der Waals surface area contributed by atoms with Gasteiger partial charge in [-0.3, -0.25) is 38.4 Å². The van der Waals surface area contributed by atoms with Gasteiger partial charge in [-0.05, 0) is 0 Å². The maximum atomic E-state index is 14.1. The number of hydrogen-bond donors (Lipinski definition) is 0. The Kier molecular flexibility index (Phi) is 12.8. The van der Waals surface area contributed by atoms with E-state index in [0.29, 0.717) is 23.5 Å². The van der Waals surface area contributed by atoms with Crippen LogP contribution in [-0.2, 0) is 66.7 Å². The van der Waals surface area contributed by atoms with Crippen LogP contribution in [0.4, 0.5) is 0 Å². The average Bonchev–Trinajstić information content (AvgIpc) is 3.01. The summed E-state index contributed by atoms with van der Waals surface area (Å²) in [5.74, 6) is -5.92. The SMILES string of the molecule is CC(=O)OC1COC(SC2=C(SC3OCC(OC(C)=O)C(OC(C)=O)C3OC(C)=O)C(=O)c3ccccc3C2=O)C(OC(C)=O)C1OC(C)=O. The molecule has 1 aromatic rings. The van der Waals surface area contributed by atoms with E-state index >= 15 is 0 Å². The zero-order valence-corrected chi connectivity index (χ0v) is 29.3. The Morgan fingerprint density at radius 2 is 0.820 bits per heavy atom. The number of hydrogen-bond acceptors (Lipinski definition) is 18. The van der Waals surface area contributed by atoms with E-state index in [-0.39, 0.29) is 34.2 Å². The molecule has 1 aliphatic carbocycles. The molecule has 50 heavy (non-hydrogen) atoms. The third-order valence-corrected chi connectivity index (χ3v) is 9.77. The molecule has 0 radical (unpaired) electrons. The van der Waals surface area contributed by atoms with Gasteiger partial charge in [0.05, 0.1) is 23.0 Å². The van der Waals surface area contributed by atoms with Crippen LogP contribution in [0.15, 0.2) is 34.1 Å². The van der Waals surface area contributed by atoms with Crippen molar-refractivity contribution in [1.29, 1.82) is 0 Å². The molecule has 8 atom stereocenters. The van der Waals surface area contributed by atoms with Gasteiger partial charge in [0.15, 0.2) is 36.6 Å². The molecule has 2 fully saturated rings. The maximum absolute atomic E-state index is 14.1. The number of esters is 6. The zero-order chi connectivity index (χ0) is 36.9. The van der Waals surface area contributed by atoms with Gasteiger partial charge in [0.25, 0.3) is 0 Å². The highest BCUT2D eigenvalue weighted by atomic mass is 32.2. The third kappa shape index (κ3) is 9.29. The molecule has 2 heterocycles. The summed E-state index contributed by atoms with van der Waals surface area (Å²) >= 11 is 1.38. The average molecular weight is 739 g/mol. The molecule has 3 aliphatic rings. The first-order valence-electron chi connectivity index (χ1n) is 15.1. The highest BCUT2D eigenvalue weighted by Gasteiger charge is 2.51. The van der Waals surface area contributed by atoms with Crippen LogP contribution < -0.4 is 0 Å². The summed E-state index contributed by atoms with van der Waals surface area (Å²) in [7, 11) is 0. The molecule has 0 aromatic heterocycles. The third-order valence-electron chi connectivity index (χ3n) is 7.11. The summed E-state index contributed by atoms with van der Waals surface area (Å²) in [5.41, 5.74) is -2.48. The summed E-state index contributed by atoms with van der Waals surface area (Å²) < 4.78 is 44.2. The molecule has 0 saturated carbocycles. The molecular weight excluding hydrogens is 704 g/mol. The summed E-state index contributed by atoms with van der Waals surface area (Å²) in [6.45, 7) is 5.95. The van der Waals surface area contributed by atoms with E-state index in [2.05, 4.69) is 0 Å². The molecule has 270 valence electrons. The minimum absolute atomic E-state index is 0.0485. The Balaban J connectivity index is 1.80. The molecule has 2 aliphatic heterocycles. The van der Waals surface area contributed by atoms with Gasteiger partial charge >= 0.3 is 35.8 Å². The zero-order valence-electron chi connectivity index (χ0n) is 27.7. The second kappa shape index (κ2) is 16.6. The van der Waals surface area contributed by atoms with Crippen molar-refractivity contribution >= 4 is 70.9 Å². The Labute approximate surface area is 294 Å². The van der Waals surface area contributed by atoms with Crippen LogP contribution in [0, 0.1) is 0 Å². The fourth-order valence-electron chi connectivity index (χ4n) is 5.40. The number of allylic oxidation sites excluding steroid dienone is 2. The number of benzene rings is 1. The van der Waals surface area contributed by atoms with E-state index in [1.807, 2.05) is 0 Å². The number of ether oxygens (including phenoxy) is 8. The molecular formula is C32H34O16S2. The molecule has 4 rings (SSSR count). The standard InChI is InChI=1S/C32H34O16S2/c1-13(33)43-21-11-41-31(27(47-17(5)37)25(21)45-15(3)35)49-29-23(39)19-9-7-8-10-20(19)24(40)30(29)50-32-28(48-18(6)38)26(46-16(4)36)22(12-42-32)44-14(2)34/h7-10,21-22,25-28,31-32H,11-12H2,1-6H3. The van der Waals surface area contributed by atoms with Gasteiger partial charge in [-0.2, -0.15) is 0 Å². The van der Waals surface area contributed by atoms with E-state index in [4.69, 9.17) is 37.9 Å². The lowest BCUT2D eigenvalue weighted by molar-refractivity contribution is -0.213. The molecule has 8 unspecified atom stereocenters. The molecule has 0 N–H and O–H groups in total. The molecule has 2 saturated heterocycles. The van der Waals surface area contributed by atoms with Gasteiger partial charge in [-0.15, -0.1) is 0 Å². The van der Waals surface area contributed by atoms with Crippen LogP contribution in [0.2, 0.25) is 0 Å². The maximum Gasteiger partial charge on any atom is 0.303 e. The Morgan fingerprint density at radius 1 is 0.520 bits per heavy atom. The lowest BCUT2D eigenvalue weighted by atomic mass is 9.94. The predicted molar refractivity (Wildman–Crippen MR) is 170 cm³/mol. The fourth-order valence-corrected chi connectivity index (χ4v) is 7.97. The minimum Gasteiger partial charge on any atom is -0.456 e. The monoisotopic (exact) mass is 738 g/mol. The second-order valence-corrected chi connectivity index (χ2v) is 13.3. The van der Waals surface area contributed by atoms with Gasteiger partial charge in [-0.1, -0.05) is 47.8 Å². The normalized spacial score (nSPS) is 27.7. The van der Waals surface area contributed by atoms with E-state index in [1.54, 1.807) is 12.1 Å². The van der Waals surface area contributed by atoms with Gasteiger partial charge in [0.1, 0.15) is 10.9 Å². The number of Topliss-reactive ketones (excluding diaryl/α,β-unsaturated/α-hetero) is 2. The van der Waals surface area contributed by atoms with E-state index in [1.165, 1.54) is 12.1 Å². The summed E-state index contributed by atoms with van der Waals surface area (Å²) in [6.07, 6.45) is -7.96. The number of ketones is 2. The smallest absolute Gasteiger partial charge is 0.303 e. The van der Waals surface area contributed by atoms with Crippen molar-refractivity contribution in [2.24, 2.45) is 0 Å². The molecule has 0 bridgehead atoms. The molecule has 0 spiro atoms. The molecule has 18 heteroatoms. The van der Waals surface area contributed by atoms with Crippen LogP contribution in [-0.4, -0.2) is 108 Å². The number of carbonyl (C=O) groups excluding carboxylic acids is 8. The van der Waals surface area contributed by atoms with Crippen LogP contribution >= 0.6 is 23.5 Å². The highest BCUT2D eigenvalue weighted by molar-refractivity contribution is 8.08. The van der Waals surface area contributed by atoms with Crippen molar-refractivity contribution in [3.05, 3.63) is 45.2 Å². The van der Waals surface area contributed by atoms with Crippen molar-refractivity contribution < 1.29 is 76.3 Å². The van der Waals surface area contributed by atoms with E-state index < -0.39 is 94.9 Å². The number of thioether (sulfide) groups is 2. The number of carbonyl (C=O) groups is 8. The van der Waals surface area contributed by atoms with Gasteiger partial charge in [0, 0.05) is 52.7 Å². The van der Waals surface area contributed by atoms with Crippen molar-refractivity contribution in [2.45, 2.75) is 89.0 Å². The Bertz CT molecular complexity index is 1490. The predicted octanol–water partition coefficient (Wildman–Crippen LogP) is 2.05. The molecule has 0 amide bonds.